The molecular formula is C39H56F6O10S3. The Morgan fingerprint density at radius 1 is 0.466 bits per heavy atom. The van der Waals surface area contributed by atoms with Crippen LogP contribution in [0.2, 0.25) is 0 Å². The summed E-state index contributed by atoms with van der Waals surface area (Å²) in [4.78, 5) is 0. The Balaban J connectivity index is 1.02. The Bertz CT molecular complexity index is 1850. The molecule has 0 radical (unpaired) electrons. The number of ether oxygens (including phenoxy) is 3. The van der Waals surface area contributed by atoms with Crippen molar-refractivity contribution in [3.63, 3.8) is 0 Å². The van der Waals surface area contributed by atoms with Crippen LogP contribution in [0.5, 0.6) is 0 Å². The average molecular weight is 895 g/mol. The standard InChI is InChI=1S/C39H56F6O10S3/c40-37(41,22-53-19-34-10-23-1-24(11-34)3-25(2-23)12-34)56(46,47)32(54-20-35-13-26-4-27(14-35)6-28(5-26)15-35)38(42,43)57(48,49)33(39(44,45)58(50,51)52)55-21-36-16-29-7-30(17-36)9-31(8-29)18-36/h23-33H,1-22H2,(H,50,51,52). The van der Waals surface area contributed by atoms with Crippen molar-refractivity contribution in [3.05, 3.63) is 0 Å². The van der Waals surface area contributed by atoms with Crippen molar-refractivity contribution in [2.45, 2.75) is 142 Å². The smallest absolute Gasteiger partial charge is 0.373 e. The maximum absolute atomic E-state index is 17.0. The Kier molecular flexibility index (Phi) is 10.2. The third-order valence-electron chi connectivity index (χ3n) is 16.5. The minimum absolute atomic E-state index is 0.133. The summed E-state index contributed by atoms with van der Waals surface area (Å²) in [6.45, 7) is -3.97. The predicted octanol–water partition coefficient (Wildman–Crippen LogP) is 7.83. The number of halogens is 6. The highest BCUT2D eigenvalue weighted by atomic mass is 32.2. The average Bonchev–Trinajstić information content (AvgIpc) is 3.05. The summed E-state index contributed by atoms with van der Waals surface area (Å²) in [5.74, 6) is 1.96. The van der Waals surface area contributed by atoms with E-state index in [4.69, 9.17) is 14.2 Å². The van der Waals surface area contributed by atoms with E-state index < -0.39 is 92.5 Å². The molecule has 0 spiro atoms. The number of hydrogen-bond donors (Lipinski definition) is 1. The zero-order valence-electron chi connectivity index (χ0n) is 32.5. The normalized spacial score (nSPS) is 43.0. The van der Waals surface area contributed by atoms with Gasteiger partial charge in [-0.1, -0.05) is 0 Å². The molecule has 19 heteroatoms. The van der Waals surface area contributed by atoms with Gasteiger partial charge in [-0.25, -0.2) is 16.8 Å². The molecule has 10 nitrogen and oxygen atoms in total. The zero-order chi connectivity index (χ0) is 41.5. The van der Waals surface area contributed by atoms with E-state index in [0.717, 1.165) is 57.8 Å². The lowest BCUT2D eigenvalue weighted by molar-refractivity contribution is -0.138. The van der Waals surface area contributed by atoms with Gasteiger partial charge < -0.3 is 14.2 Å². The van der Waals surface area contributed by atoms with Gasteiger partial charge >= 0.3 is 25.9 Å². The van der Waals surface area contributed by atoms with E-state index in [2.05, 4.69) is 0 Å². The molecule has 2 unspecified atom stereocenters. The van der Waals surface area contributed by atoms with E-state index in [1.807, 2.05) is 0 Å². The van der Waals surface area contributed by atoms with E-state index >= 15 is 26.3 Å². The summed E-state index contributed by atoms with van der Waals surface area (Å²) in [7, 11) is -20.9. The highest BCUT2D eigenvalue weighted by molar-refractivity contribution is 7.97. The van der Waals surface area contributed by atoms with Crippen molar-refractivity contribution in [1.29, 1.82) is 0 Å². The third kappa shape index (κ3) is 7.11. The maximum Gasteiger partial charge on any atom is 0.409 e. The molecule has 1 N–H and O–H groups in total. The molecule has 0 aromatic carbocycles. The summed E-state index contributed by atoms with van der Waals surface area (Å²) in [5, 5.41) is -17.3. The van der Waals surface area contributed by atoms with Gasteiger partial charge in [-0.3, -0.25) is 4.55 Å². The van der Waals surface area contributed by atoms with Gasteiger partial charge in [-0.15, -0.1) is 0 Å². The van der Waals surface area contributed by atoms with E-state index in [1.54, 1.807) is 0 Å². The third-order valence-corrected chi connectivity index (χ3v) is 21.6. The molecule has 0 aromatic heterocycles. The molecule has 0 heterocycles. The topological polar surface area (TPSA) is 150 Å². The summed E-state index contributed by atoms with van der Waals surface area (Å²) in [6, 6.07) is 0. The first-order valence-corrected chi connectivity index (χ1v) is 25.8. The lowest BCUT2D eigenvalue weighted by Gasteiger charge is -2.57. The Hall–Kier alpha value is -0.730. The van der Waals surface area contributed by atoms with Crippen LogP contribution in [0.3, 0.4) is 0 Å². The lowest BCUT2D eigenvalue weighted by Crippen LogP contribution is -2.61. The van der Waals surface area contributed by atoms with Gasteiger partial charge in [0.2, 0.25) is 10.9 Å². The Morgan fingerprint density at radius 3 is 1.03 bits per heavy atom. The molecule has 0 aromatic rings. The first-order valence-electron chi connectivity index (χ1n) is 21.2. The second-order valence-electron chi connectivity index (χ2n) is 21.4. The molecule has 12 bridgehead atoms. The van der Waals surface area contributed by atoms with Crippen molar-refractivity contribution >= 4 is 29.8 Å². The molecule has 58 heavy (non-hydrogen) atoms. The highest BCUT2D eigenvalue weighted by Gasteiger charge is 2.73. The van der Waals surface area contributed by atoms with Crippen molar-refractivity contribution in [3.8, 4) is 0 Å². The van der Waals surface area contributed by atoms with Crippen molar-refractivity contribution in [2.75, 3.05) is 26.4 Å². The van der Waals surface area contributed by atoms with Crippen LogP contribution < -0.4 is 0 Å². The largest absolute Gasteiger partial charge is 0.409 e. The van der Waals surface area contributed by atoms with Gasteiger partial charge in [0.25, 0.3) is 19.7 Å². The summed E-state index contributed by atoms with van der Waals surface area (Å²) in [5.41, 5.74) is -11.0. The minimum Gasteiger partial charge on any atom is -0.373 e. The first kappa shape index (κ1) is 42.6. The van der Waals surface area contributed by atoms with E-state index in [-0.39, 0.29) is 42.1 Å². The predicted molar refractivity (Wildman–Crippen MR) is 196 cm³/mol. The van der Waals surface area contributed by atoms with Gasteiger partial charge in [0.1, 0.15) is 6.61 Å². The molecule has 12 aliphatic carbocycles. The van der Waals surface area contributed by atoms with Crippen molar-refractivity contribution in [1.82, 2.24) is 0 Å². The number of rotatable bonds is 17. The molecule has 2 atom stereocenters. The van der Waals surface area contributed by atoms with Gasteiger partial charge in [0.05, 0.1) is 19.8 Å². The highest BCUT2D eigenvalue weighted by Crippen LogP contribution is 2.63. The van der Waals surface area contributed by atoms with Gasteiger partial charge in [0, 0.05) is 0 Å². The van der Waals surface area contributed by atoms with Crippen LogP contribution in [0.1, 0.15) is 116 Å². The fourth-order valence-electron chi connectivity index (χ4n) is 15.7. The second kappa shape index (κ2) is 13.9. The fourth-order valence-corrected chi connectivity index (χ4v) is 19.9. The first-order chi connectivity index (χ1) is 26.8. The molecular weight excluding hydrogens is 839 g/mol. The molecule has 332 valence electrons. The molecule has 12 aliphatic rings. The summed E-state index contributed by atoms with van der Waals surface area (Å²) < 4.78 is 203. The van der Waals surface area contributed by atoms with Crippen LogP contribution in [-0.2, 0) is 44.0 Å². The fraction of sp³-hybridized carbons (Fsp3) is 1.00. The van der Waals surface area contributed by atoms with E-state index in [0.29, 0.717) is 75.5 Å². The molecule has 12 fully saturated rings. The number of sulfone groups is 2. The Labute approximate surface area is 337 Å². The number of hydrogen-bond acceptors (Lipinski definition) is 9. The van der Waals surface area contributed by atoms with Gasteiger partial charge in [-0.05, 0) is 185 Å². The molecule has 12 saturated carbocycles. The summed E-state index contributed by atoms with van der Waals surface area (Å²) >= 11 is 0. The van der Waals surface area contributed by atoms with Crippen LogP contribution >= 0.6 is 0 Å². The minimum atomic E-state index is -7.27. The maximum atomic E-state index is 17.0. The van der Waals surface area contributed by atoms with Crippen molar-refractivity contribution in [2.24, 2.45) is 69.5 Å². The second-order valence-corrected chi connectivity index (χ2v) is 27.0. The molecule has 0 aliphatic heterocycles. The van der Waals surface area contributed by atoms with E-state index in [1.165, 1.54) is 0 Å². The quantitative estimate of drug-likeness (QED) is 0.113. The van der Waals surface area contributed by atoms with Crippen LogP contribution in [0.25, 0.3) is 0 Å². The van der Waals surface area contributed by atoms with Crippen LogP contribution in [0.4, 0.5) is 26.3 Å². The summed E-state index contributed by atoms with van der Waals surface area (Å²) in [6.07, 6.45) is 12.5. The molecule has 0 amide bonds. The Morgan fingerprint density at radius 2 is 0.741 bits per heavy atom. The molecule has 0 saturated heterocycles. The number of alkyl halides is 6. The van der Waals surface area contributed by atoms with Crippen LogP contribution in [-0.4, -0.2) is 82.9 Å². The van der Waals surface area contributed by atoms with Crippen LogP contribution in [0.15, 0.2) is 0 Å². The zero-order valence-corrected chi connectivity index (χ0v) is 35.0. The van der Waals surface area contributed by atoms with E-state index in [9.17, 15) is 29.8 Å². The SMILES string of the molecule is O=S(=O)(O)C(F)(F)C(OCC12CC3CC(CC(C3)C1)C2)S(=O)(=O)C(F)(F)C(OCC12CC3CC(CC(C3)C1)C2)S(=O)(=O)C(F)(F)COCC12CC3CC(CC(C3)C1)C2. The van der Waals surface area contributed by atoms with Gasteiger partial charge in [-0.2, -0.15) is 34.8 Å². The monoisotopic (exact) mass is 894 g/mol. The van der Waals surface area contributed by atoms with Crippen LogP contribution in [0, 0.1) is 69.5 Å². The molecule has 12 rings (SSSR count). The van der Waals surface area contributed by atoms with Crippen molar-refractivity contribution < 1.29 is 70.4 Å². The lowest BCUT2D eigenvalue weighted by atomic mass is 9.50. The van der Waals surface area contributed by atoms with Gasteiger partial charge in [0.15, 0.2) is 0 Å².